The molecular weight excluding hydrogens is 404 g/mol. The van der Waals surface area contributed by atoms with Crippen molar-refractivity contribution in [1.82, 2.24) is 9.55 Å². The number of imidazole rings is 1. The molecule has 1 aliphatic heterocycles. The molecule has 0 radical (unpaired) electrons. The second kappa shape index (κ2) is 8.71. The van der Waals surface area contributed by atoms with Gasteiger partial charge < -0.3 is 19.8 Å². The van der Waals surface area contributed by atoms with E-state index >= 15 is 4.39 Å². The van der Waals surface area contributed by atoms with Gasteiger partial charge >= 0.3 is 0 Å². The number of rotatable bonds is 6. The van der Waals surface area contributed by atoms with Crippen molar-refractivity contribution in [3.63, 3.8) is 0 Å². The molecule has 0 fully saturated rings. The number of nitrogens with zero attached hydrogens (tertiary/aromatic N) is 3. The number of aryl methyl sites for hydroxylation is 1. The van der Waals surface area contributed by atoms with Crippen LogP contribution in [0.5, 0.6) is 11.5 Å². The quantitative estimate of drug-likeness (QED) is 0.454. The molecule has 3 N–H and O–H groups in total. The Bertz CT molecular complexity index is 1170. The summed E-state index contributed by atoms with van der Waals surface area (Å²) in [4.78, 5) is 8.14. The number of hydrogen-bond acceptors (Lipinski definition) is 4. The van der Waals surface area contributed by atoms with Gasteiger partial charge in [0.25, 0.3) is 0 Å². The van der Waals surface area contributed by atoms with Crippen LogP contribution in [0.2, 0.25) is 0 Å². The van der Waals surface area contributed by atoms with Crippen LogP contribution in [0.1, 0.15) is 31.7 Å². The second-order valence-electron chi connectivity index (χ2n) is 7.24. The molecule has 1 aliphatic rings. The molecule has 0 spiro atoms. The van der Waals surface area contributed by atoms with Gasteiger partial charge in [-0.3, -0.25) is 5.41 Å². The molecule has 0 atom stereocenters. The molecule has 0 saturated carbocycles. The summed E-state index contributed by atoms with van der Waals surface area (Å²) in [6.07, 6.45) is 3.17. The fourth-order valence-corrected chi connectivity index (χ4v) is 3.65. The Labute approximate surface area is 178 Å². The molecule has 31 heavy (non-hydrogen) atoms. The van der Waals surface area contributed by atoms with Crippen LogP contribution < -0.4 is 15.2 Å². The molecule has 162 valence electrons. The van der Waals surface area contributed by atoms with Crippen LogP contribution in [0.3, 0.4) is 0 Å². The van der Waals surface area contributed by atoms with Gasteiger partial charge in [0.2, 0.25) is 0 Å². The third kappa shape index (κ3) is 3.95. The van der Waals surface area contributed by atoms with E-state index in [1.165, 1.54) is 0 Å². The molecule has 3 aromatic rings. The number of nitrogens with one attached hydrogen (secondary N) is 1. The SMILES string of the molecule is CCCOc1cc2c3c(c1)nc(-c1cc(F)c(C(N)=NC=N)cc1F)n3CCCCO2. The summed E-state index contributed by atoms with van der Waals surface area (Å²) in [6, 6.07) is 5.65. The van der Waals surface area contributed by atoms with Gasteiger partial charge in [0.1, 0.15) is 46.6 Å². The van der Waals surface area contributed by atoms with Crippen molar-refractivity contribution < 1.29 is 18.3 Å². The highest BCUT2D eigenvalue weighted by molar-refractivity contribution is 6.01. The van der Waals surface area contributed by atoms with Gasteiger partial charge in [0.05, 0.1) is 29.9 Å². The smallest absolute Gasteiger partial charge is 0.148 e. The Morgan fingerprint density at radius 1 is 1.29 bits per heavy atom. The lowest BCUT2D eigenvalue weighted by Crippen LogP contribution is -2.16. The summed E-state index contributed by atoms with van der Waals surface area (Å²) in [5.74, 6) is -0.151. The molecule has 1 aromatic heterocycles. The first-order valence-corrected chi connectivity index (χ1v) is 10.1. The molecule has 4 rings (SSSR count). The van der Waals surface area contributed by atoms with Gasteiger partial charge in [0, 0.05) is 18.7 Å². The first-order valence-electron chi connectivity index (χ1n) is 10.1. The Kier molecular flexibility index (Phi) is 5.83. The van der Waals surface area contributed by atoms with Crippen molar-refractivity contribution in [3.05, 3.63) is 41.5 Å². The predicted molar refractivity (Wildman–Crippen MR) is 115 cm³/mol. The summed E-state index contributed by atoms with van der Waals surface area (Å²) in [5, 5.41) is 6.98. The molecule has 2 aromatic carbocycles. The normalized spacial score (nSPS) is 14.1. The van der Waals surface area contributed by atoms with Crippen molar-refractivity contribution in [1.29, 1.82) is 5.41 Å². The van der Waals surface area contributed by atoms with Gasteiger partial charge in [-0.25, -0.2) is 18.8 Å². The van der Waals surface area contributed by atoms with Crippen LogP contribution in [0.4, 0.5) is 8.78 Å². The first kappa shape index (κ1) is 20.8. The van der Waals surface area contributed by atoms with Crippen molar-refractivity contribution in [2.24, 2.45) is 10.7 Å². The Morgan fingerprint density at radius 2 is 2.13 bits per heavy atom. The van der Waals surface area contributed by atoms with E-state index in [9.17, 15) is 4.39 Å². The van der Waals surface area contributed by atoms with Crippen molar-refractivity contribution in [3.8, 4) is 22.9 Å². The Balaban J connectivity index is 1.90. The lowest BCUT2D eigenvalue weighted by molar-refractivity contribution is 0.291. The number of ether oxygens (including phenoxy) is 2. The van der Waals surface area contributed by atoms with Gasteiger partial charge in [-0.05, 0) is 31.4 Å². The predicted octanol–water partition coefficient (Wildman–Crippen LogP) is 4.26. The molecular formula is C22H23F2N5O2. The van der Waals surface area contributed by atoms with E-state index in [1.54, 1.807) is 6.07 Å². The zero-order chi connectivity index (χ0) is 22.0. The van der Waals surface area contributed by atoms with Gasteiger partial charge in [0.15, 0.2) is 0 Å². The summed E-state index contributed by atoms with van der Waals surface area (Å²) >= 11 is 0. The number of benzene rings is 2. The van der Waals surface area contributed by atoms with Gasteiger partial charge in [-0.15, -0.1) is 0 Å². The second-order valence-corrected chi connectivity index (χ2v) is 7.24. The maximum absolute atomic E-state index is 15.1. The van der Waals surface area contributed by atoms with Crippen molar-refractivity contribution in [2.75, 3.05) is 13.2 Å². The molecule has 0 unspecified atom stereocenters. The highest BCUT2D eigenvalue weighted by atomic mass is 19.1. The molecule has 0 saturated heterocycles. The lowest BCUT2D eigenvalue weighted by Gasteiger charge is -2.17. The summed E-state index contributed by atoms with van der Waals surface area (Å²) in [5.41, 5.74) is 6.78. The van der Waals surface area contributed by atoms with E-state index in [0.29, 0.717) is 48.9 Å². The molecule has 9 heteroatoms. The Hall–Kier alpha value is -3.49. The fourth-order valence-electron chi connectivity index (χ4n) is 3.65. The minimum atomic E-state index is -0.742. The maximum Gasteiger partial charge on any atom is 0.148 e. The number of halogens is 2. The average molecular weight is 427 g/mol. The van der Waals surface area contributed by atoms with E-state index < -0.39 is 11.6 Å². The number of aliphatic imine (C=N–C) groups is 1. The van der Waals surface area contributed by atoms with Crippen LogP contribution >= 0.6 is 0 Å². The topological polar surface area (TPSA) is 98.5 Å². The summed E-state index contributed by atoms with van der Waals surface area (Å²) in [7, 11) is 0. The van der Waals surface area contributed by atoms with Crippen LogP contribution in [0.15, 0.2) is 29.3 Å². The summed E-state index contributed by atoms with van der Waals surface area (Å²) < 4.78 is 43.4. The van der Waals surface area contributed by atoms with Crippen molar-refractivity contribution in [2.45, 2.75) is 32.7 Å². The summed E-state index contributed by atoms with van der Waals surface area (Å²) in [6.45, 7) is 3.73. The van der Waals surface area contributed by atoms with E-state index in [-0.39, 0.29) is 17.0 Å². The minimum Gasteiger partial charge on any atom is -0.493 e. The molecule has 0 amide bonds. The molecule has 2 heterocycles. The molecule has 7 nitrogen and oxygen atoms in total. The number of amidine groups is 1. The number of nitrogens with two attached hydrogens (primary N) is 1. The van der Waals surface area contributed by atoms with Crippen molar-refractivity contribution >= 4 is 23.2 Å². The van der Waals surface area contributed by atoms with E-state index in [4.69, 9.17) is 20.6 Å². The highest BCUT2D eigenvalue weighted by Gasteiger charge is 2.23. The maximum atomic E-state index is 15.1. The number of hydrogen-bond donors (Lipinski definition) is 2. The highest BCUT2D eigenvalue weighted by Crippen LogP contribution is 2.37. The average Bonchev–Trinajstić information content (AvgIpc) is 3.09. The largest absolute Gasteiger partial charge is 0.493 e. The van der Waals surface area contributed by atoms with Crippen LogP contribution in [-0.4, -0.2) is 34.9 Å². The minimum absolute atomic E-state index is 0.0163. The first-order chi connectivity index (χ1) is 15.0. The fraction of sp³-hybridized carbons (Fsp3) is 0.318. The zero-order valence-electron chi connectivity index (χ0n) is 17.1. The van der Waals surface area contributed by atoms with Gasteiger partial charge in [-0.2, -0.15) is 0 Å². The number of aromatic nitrogens is 2. The standard InChI is InChI=1S/C22H23F2N5O2/c1-2-6-30-13-8-18-20-19(9-13)31-7-4-3-5-29(20)22(28-18)15-11-16(23)14(10-17(15)24)21(26)27-12-25/h8-12H,2-7H2,1H3,(H3,25,26,27). The van der Waals surface area contributed by atoms with E-state index in [2.05, 4.69) is 9.98 Å². The third-order valence-electron chi connectivity index (χ3n) is 5.06. The van der Waals surface area contributed by atoms with Crippen LogP contribution in [0.25, 0.3) is 22.4 Å². The monoisotopic (exact) mass is 427 g/mol. The Morgan fingerprint density at radius 3 is 2.90 bits per heavy atom. The lowest BCUT2D eigenvalue weighted by atomic mass is 10.1. The molecule has 0 bridgehead atoms. The van der Waals surface area contributed by atoms with Crippen LogP contribution in [-0.2, 0) is 6.54 Å². The van der Waals surface area contributed by atoms with Gasteiger partial charge in [-0.1, -0.05) is 6.92 Å². The zero-order valence-corrected chi connectivity index (χ0v) is 17.1. The van der Waals surface area contributed by atoms with E-state index in [1.807, 2.05) is 17.6 Å². The third-order valence-corrected chi connectivity index (χ3v) is 5.06. The molecule has 0 aliphatic carbocycles. The van der Waals surface area contributed by atoms with Crippen LogP contribution in [0, 0.1) is 17.0 Å². The van der Waals surface area contributed by atoms with E-state index in [0.717, 1.165) is 36.9 Å².